The lowest BCUT2D eigenvalue weighted by atomic mass is 10.00. The second kappa shape index (κ2) is 5.10. The summed E-state index contributed by atoms with van der Waals surface area (Å²) in [5.41, 5.74) is 0. The molecule has 8 heteroatoms. The molecule has 0 amide bonds. The van der Waals surface area contributed by atoms with Crippen LogP contribution in [0.1, 0.15) is 0 Å². The number of hydrogen-bond acceptors (Lipinski definition) is 7. The van der Waals surface area contributed by atoms with E-state index in [-0.39, 0.29) is 0 Å². The summed E-state index contributed by atoms with van der Waals surface area (Å²) in [6, 6.07) is 0. The van der Waals surface area contributed by atoms with E-state index in [9.17, 15) is 19.9 Å². The van der Waals surface area contributed by atoms with Gasteiger partial charge in [0.1, 0.15) is 24.4 Å². The summed E-state index contributed by atoms with van der Waals surface area (Å²) in [6.07, 6.45) is -6.83. The Morgan fingerprint density at radius 3 is 2.19 bits per heavy atom. The first kappa shape index (κ1) is 14.1. The minimum atomic E-state index is -2.91. The van der Waals surface area contributed by atoms with Gasteiger partial charge in [-0.05, 0) is 0 Å². The number of hydrogen-bond donors (Lipinski definition) is 4. The molecular weight excluding hydrogens is 239 g/mol. The van der Waals surface area contributed by atoms with E-state index >= 15 is 0 Å². The lowest BCUT2D eigenvalue weighted by molar-refractivity contribution is -0.277. The Kier molecular flexibility index (Phi) is 4.48. The van der Waals surface area contributed by atoms with Crippen molar-refractivity contribution in [3.63, 3.8) is 0 Å². The molecule has 1 aliphatic heterocycles. The third-order valence-electron chi connectivity index (χ3n) is 2.21. The molecule has 5 atom stereocenters. The summed E-state index contributed by atoms with van der Waals surface area (Å²) in [4.78, 5) is 0. The highest BCUT2D eigenvalue weighted by Gasteiger charge is 2.45. The average Bonchev–Trinajstić information content (AvgIpc) is 2.17. The molecule has 0 aromatic rings. The smallest absolute Gasteiger partial charge is 0.199 e. The molecular formula is C8H17O7P. The summed E-state index contributed by atoms with van der Waals surface area (Å²) in [6.45, 7) is 2.12. The van der Waals surface area contributed by atoms with Gasteiger partial charge in [0.15, 0.2) is 13.7 Å². The van der Waals surface area contributed by atoms with Gasteiger partial charge in [-0.1, -0.05) is 0 Å². The fourth-order valence-corrected chi connectivity index (χ4v) is 2.08. The highest BCUT2D eigenvalue weighted by Crippen LogP contribution is 2.41. The zero-order valence-electron chi connectivity index (χ0n) is 9.05. The average molecular weight is 256 g/mol. The van der Waals surface area contributed by atoms with Crippen LogP contribution in [0.3, 0.4) is 0 Å². The normalized spacial score (nSPS) is 41.0. The van der Waals surface area contributed by atoms with Crippen molar-refractivity contribution >= 4 is 7.37 Å². The van der Waals surface area contributed by atoms with Gasteiger partial charge in [0, 0.05) is 13.3 Å². The van der Waals surface area contributed by atoms with Gasteiger partial charge in [-0.25, -0.2) is 0 Å². The number of aliphatic hydroxyl groups is 4. The third kappa shape index (κ3) is 3.24. The fourth-order valence-electron chi connectivity index (χ4n) is 1.40. The minimum absolute atomic E-state index is 0.539. The van der Waals surface area contributed by atoms with Gasteiger partial charge >= 0.3 is 0 Å². The van der Waals surface area contributed by atoms with Gasteiger partial charge in [0.05, 0.1) is 6.61 Å². The summed E-state index contributed by atoms with van der Waals surface area (Å²) in [5, 5.41) is 37.3. The van der Waals surface area contributed by atoms with E-state index in [1.807, 2.05) is 0 Å². The number of ether oxygens (including phenoxy) is 1. The maximum atomic E-state index is 11.4. The molecule has 0 aromatic heterocycles. The van der Waals surface area contributed by atoms with Crippen molar-refractivity contribution in [2.24, 2.45) is 0 Å². The van der Waals surface area contributed by atoms with Crippen LogP contribution in [0.4, 0.5) is 0 Å². The summed E-state index contributed by atoms with van der Waals surface area (Å²) >= 11 is 0. The van der Waals surface area contributed by atoms with Gasteiger partial charge in [-0.2, -0.15) is 0 Å². The minimum Gasteiger partial charge on any atom is -0.394 e. The van der Waals surface area contributed by atoms with Crippen LogP contribution in [0.25, 0.3) is 0 Å². The molecule has 0 bridgehead atoms. The van der Waals surface area contributed by atoms with Crippen molar-refractivity contribution in [3.8, 4) is 0 Å². The monoisotopic (exact) mass is 256 g/mol. The van der Waals surface area contributed by atoms with E-state index in [1.165, 1.54) is 13.3 Å². The predicted molar refractivity (Wildman–Crippen MR) is 54.3 cm³/mol. The Hall–Kier alpha value is -0.0100. The van der Waals surface area contributed by atoms with Crippen LogP contribution in [0.2, 0.25) is 0 Å². The Bertz CT molecular complexity index is 276. The van der Waals surface area contributed by atoms with E-state index in [2.05, 4.69) is 0 Å². The van der Waals surface area contributed by atoms with E-state index in [4.69, 9.17) is 14.4 Å². The Morgan fingerprint density at radius 1 is 1.19 bits per heavy atom. The Morgan fingerprint density at radius 2 is 1.75 bits per heavy atom. The SMILES string of the molecule is CP(C)(=O)OC1OC(CO)C(O)C(O)C1O. The van der Waals surface area contributed by atoms with Crippen molar-refractivity contribution < 1.29 is 34.3 Å². The van der Waals surface area contributed by atoms with E-state index in [0.29, 0.717) is 0 Å². The largest absolute Gasteiger partial charge is 0.394 e. The molecule has 1 saturated heterocycles. The topological polar surface area (TPSA) is 116 Å². The zero-order valence-corrected chi connectivity index (χ0v) is 9.95. The maximum absolute atomic E-state index is 11.4. The molecule has 16 heavy (non-hydrogen) atoms. The van der Waals surface area contributed by atoms with Crippen LogP contribution in [0.15, 0.2) is 0 Å². The van der Waals surface area contributed by atoms with E-state index in [0.717, 1.165) is 0 Å². The molecule has 1 heterocycles. The second-order valence-corrected chi connectivity index (χ2v) is 6.77. The molecule has 0 aromatic carbocycles. The van der Waals surface area contributed by atoms with Gasteiger partial charge < -0.3 is 25.2 Å². The molecule has 4 N–H and O–H groups in total. The molecule has 0 spiro atoms. The van der Waals surface area contributed by atoms with Crippen LogP contribution in [0.5, 0.6) is 0 Å². The zero-order chi connectivity index (χ0) is 12.5. The summed E-state index contributed by atoms with van der Waals surface area (Å²) in [7, 11) is -2.91. The van der Waals surface area contributed by atoms with Crippen molar-refractivity contribution in [3.05, 3.63) is 0 Å². The van der Waals surface area contributed by atoms with Gasteiger partial charge in [-0.15, -0.1) is 0 Å². The summed E-state index contributed by atoms with van der Waals surface area (Å²) in [5.74, 6) is 0. The second-order valence-electron chi connectivity index (χ2n) is 4.05. The van der Waals surface area contributed by atoms with Gasteiger partial charge in [0.25, 0.3) is 0 Å². The molecule has 5 unspecified atom stereocenters. The third-order valence-corrected chi connectivity index (χ3v) is 2.92. The molecule has 0 radical (unpaired) electrons. The van der Waals surface area contributed by atoms with E-state index < -0.39 is 44.7 Å². The molecule has 96 valence electrons. The first-order valence-corrected chi connectivity index (χ1v) is 7.32. The molecule has 1 aliphatic rings. The van der Waals surface area contributed by atoms with Crippen LogP contribution >= 0.6 is 7.37 Å². The van der Waals surface area contributed by atoms with Crippen LogP contribution in [0, 0.1) is 0 Å². The summed E-state index contributed by atoms with van der Waals surface area (Å²) < 4.78 is 21.3. The quantitative estimate of drug-likeness (QED) is 0.446. The predicted octanol–water partition coefficient (Wildman–Crippen LogP) is -1.66. The van der Waals surface area contributed by atoms with Gasteiger partial charge in [-0.3, -0.25) is 9.09 Å². The Balaban J connectivity index is 2.75. The van der Waals surface area contributed by atoms with Crippen LogP contribution in [-0.4, -0.2) is 71.1 Å². The molecule has 1 rings (SSSR count). The van der Waals surface area contributed by atoms with Gasteiger partial charge in [0.2, 0.25) is 0 Å². The van der Waals surface area contributed by atoms with Crippen LogP contribution in [-0.2, 0) is 13.8 Å². The first-order valence-electron chi connectivity index (χ1n) is 4.80. The number of aliphatic hydroxyl groups excluding tert-OH is 4. The highest BCUT2D eigenvalue weighted by atomic mass is 31.2. The van der Waals surface area contributed by atoms with Crippen molar-refractivity contribution in [1.82, 2.24) is 0 Å². The van der Waals surface area contributed by atoms with E-state index in [1.54, 1.807) is 0 Å². The molecule has 1 fully saturated rings. The maximum Gasteiger partial charge on any atom is 0.199 e. The van der Waals surface area contributed by atoms with Crippen molar-refractivity contribution in [2.75, 3.05) is 19.9 Å². The lowest BCUT2D eigenvalue weighted by Gasteiger charge is -2.39. The van der Waals surface area contributed by atoms with Crippen LogP contribution < -0.4 is 0 Å². The highest BCUT2D eigenvalue weighted by molar-refractivity contribution is 7.57. The first-order chi connectivity index (χ1) is 7.26. The Labute approximate surface area is 93.1 Å². The van der Waals surface area contributed by atoms with Crippen molar-refractivity contribution in [1.29, 1.82) is 0 Å². The molecule has 0 aliphatic carbocycles. The van der Waals surface area contributed by atoms with Crippen molar-refractivity contribution in [2.45, 2.75) is 30.7 Å². The molecule has 0 saturated carbocycles. The lowest BCUT2D eigenvalue weighted by Crippen LogP contribution is -2.58. The number of rotatable bonds is 3. The molecule has 7 nitrogen and oxygen atoms in total. The fraction of sp³-hybridized carbons (Fsp3) is 1.00. The standard InChI is InChI=1S/C8H17O7P/c1-16(2,13)15-8-7(12)6(11)5(10)4(3-9)14-8/h4-12H,3H2,1-2H3.